The molecule has 0 amide bonds. The lowest BCUT2D eigenvalue weighted by Gasteiger charge is -2.06. The van der Waals surface area contributed by atoms with E-state index in [-0.39, 0.29) is 11.5 Å². The number of hydrogen-bond acceptors (Lipinski definition) is 5. The van der Waals surface area contributed by atoms with Crippen LogP contribution < -0.4 is 5.73 Å². The molecule has 2 heterocycles. The first-order chi connectivity index (χ1) is 8.78. The molecule has 1 aromatic carbocycles. The summed E-state index contributed by atoms with van der Waals surface area (Å²) in [4.78, 5) is 8.53. The van der Waals surface area contributed by atoms with Gasteiger partial charge in [-0.15, -0.1) is 0 Å². The smallest absolute Gasteiger partial charge is 0.183 e. The average molecular weight is 254 g/mol. The van der Waals surface area contributed by atoms with Crippen LogP contribution in [-0.4, -0.2) is 9.97 Å². The SMILES string of the molecule is N#Cc1nc2c(nc1N)SC(c1ccccc1)C2. The molecule has 1 aliphatic heterocycles. The van der Waals surface area contributed by atoms with Gasteiger partial charge in [0.2, 0.25) is 0 Å². The molecule has 1 unspecified atom stereocenters. The molecule has 0 aliphatic carbocycles. The zero-order chi connectivity index (χ0) is 12.5. The Morgan fingerprint density at radius 1 is 1.28 bits per heavy atom. The second-order valence-corrected chi connectivity index (χ2v) is 5.23. The fourth-order valence-corrected chi connectivity index (χ4v) is 3.20. The Balaban J connectivity index is 1.95. The molecular formula is C13H10N4S. The third-order valence-corrected chi connectivity index (χ3v) is 4.14. The number of rotatable bonds is 1. The fraction of sp³-hybridized carbons (Fsp3) is 0.154. The van der Waals surface area contributed by atoms with Gasteiger partial charge < -0.3 is 5.73 Å². The van der Waals surface area contributed by atoms with Crippen LogP contribution in [0.5, 0.6) is 0 Å². The van der Waals surface area contributed by atoms with Crippen molar-refractivity contribution >= 4 is 17.6 Å². The molecule has 5 heteroatoms. The van der Waals surface area contributed by atoms with Crippen LogP contribution in [0.25, 0.3) is 0 Å². The molecule has 1 aliphatic rings. The van der Waals surface area contributed by atoms with Crippen molar-refractivity contribution in [3.05, 3.63) is 47.3 Å². The minimum absolute atomic E-state index is 0.220. The molecule has 1 aromatic heterocycles. The zero-order valence-electron chi connectivity index (χ0n) is 9.50. The van der Waals surface area contributed by atoms with Crippen molar-refractivity contribution in [2.75, 3.05) is 5.73 Å². The summed E-state index contributed by atoms with van der Waals surface area (Å²) in [6.07, 6.45) is 0.798. The summed E-state index contributed by atoms with van der Waals surface area (Å²) in [6.45, 7) is 0. The lowest BCUT2D eigenvalue weighted by Crippen LogP contribution is -2.01. The van der Waals surface area contributed by atoms with E-state index in [1.54, 1.807) is 11.8 Å². The van der Waals surface area contributed by atoms with E-state index in [0.29, 0.717) is 5.25 Å². The van der Waals surface area contributed by atoms with Crippen molar-refractivity contribution in [3.8, 4) is 6.07 Å². The number of nitrogens with two attached hydrogens (primary N) is 1. The molecule has 0 saturated heterocycles. The van der Waals surface area contributed by atoms with Crippen LogP contribution in [0.2, 0.25) is 0 Å². The Morgan fingerprint density at radius 2 is 2.06 bits per heavy atom. The van der Waals surface area contributed by atoms with Crippen molar-refractivity contribution < 1.29 is 0 Å². The first-order valence-corrected chi connectivity index (χ1v) is 6.44. The van der Waals surface area contributed by atoms with Crippen LogP contribution in [0.1, 0.15) is 22.2 Å². The number of nitrogens with zero attached hydrogens (tertiary/aromatic N) is 3. The van der Waals surface area contributed by atoms with E-state index in [9.17, 15) is 0 Å². The monoisotopic (exact) mass is 254 g/mol. The number of nitrogen functional groups attached to an aromatic ring is 1. The lowest BCUT2D eigenvalue weighted by atomic mass is 10.1. The number of thioether (sulfide) groups is 1. The van der Waals surface area contributed by atoms with Crippen molar-refractivity contribution in [2.24, 2.45) is 0 Å². The van der Waals surface area contributed by atoms with E-state index in [0.717, 1.165) is 17.1 Å². The molecule has 0 bridgehead atoms. The quantitative estimate of drug-likeness (QED) is 0.845. The number of fused-ring (bicyclic) bond motifs is 1. The molecule has 2 N–H and O–H groups in total. The molecule has 18 heavy (non-hydrogen) atoms. The third kappa shape index (κ3) is 1.81. The van der Waals surface area contributed by atoms with Gasteiger partial charge >= 0.3 is 0 Å². The van der Waals surface area contributed by atoms with Gasteiger partial charge in [-0.25, -0.2) is 9.97 Å². The molecular weight excluding hydrogens is 244 g/mol. The minimum Gasteiger partial charge on any atom is -0.381 e. The Hall–Kier alpha value is -2.06. The summed E-state index contributed by atoms with van der Waals surface area (Å²) in [5.41, 5.74) is 8.03. The summed E-state index contributed by atoms with van der Waals surface area (Å²) in [6, 6.07) is 12.2. The maximum Gasteiger partial charge on any atom is 0.183 e. The van der Waals surface area contributed by atoms with Crippen LogP contribution in [-0.2, 0) is 6.42 Å². The normalized spacial score (nSPS) is 17.2. The van der Waals surface area contributed by atoms with Gasteiger partial charge in [-0.2, -0.15) is 5.26 Å². The summed E-state index contributed by atoms with van der Waals surface area (Å²) < 4.78 is 0. The zero-order valence-corrected chi connectivity index (χ0v) is 10.3. The largest absolute Gasteiger partial charge is 0.381 e. The number of nitriles is 1. The van der Waals surface area contributed by atoms with Crippen LogP contribution in [0, 0.1) is 11.3 Å². The van der Waals surface area contributed by atoms with Gasteiger partial charge in [-0.1, -0.05) is 42.1 Å². The number of aromatic nitrogens is 2. The predicted octanol–water partition coefficient (Wildman–Crippen LogP) is 2.32. The third-order valence-electron chi connectivity index (χ3n) is 2.87. The Morgan fingerprint density at radius 3 is 2.78 bits per heavy atom. The van der Waals surface area contributed by atoms with E-state index in [1.165, 1.54) is 5.56 Å². The second kappa shape index (κ2) is 4.31. The van der Waals surface area contributed by atoms with Gasteiger partial charge in [0.05, 0.1) is 5.69 Å². The average Bonchev–Trinajstić information content (AvgIpc) is 2.81. The summed E-state index contributed by atoms with van der Waals surface area (Å²) in [7, 11) is 0. The summed E-state index contributed by atoms with van der Waals surface area (Å²) >= 11 is 1.66. The highest BCUT2D eigenvalue weighted by Gasteiger charge is 2.27. The van der Waals surface area contributed by atoms with Crippen molar-refractivity contribution in [3.63, 3.8) is 0 Å². The summed E-state index contributed by atoms with van der Waals surface area (Å²) in [5, 5.41) is 10.1. The van der Waals surface area contributed by atoms with E-state index in [1.807, 2.05) is 24.3 Å². The Kier molecular flexibility index (Phi) is 2.65. The van der Waals surface area contributed by atoms with Gasteiger partial charge in [0.15, 0.2) is 11.5 Å². The van der Waals surface area contributed by atoms with Crippen molar-refractivity contribution in [1.82, 2.24) is 9.97 Å². The highest BCUT2D eigenvalue weighted by molar-refractivity contribution is 7.99. The number of benzene rings is 1. The molecule has 88 valence electrons. The van der Waals surface area contributed by atoms with Gasteiger partial charge in [0.25, 0.3) is 0 Å². The van der Waals surface area contributed by atoms with E-state index >= 15 is 0 Å². The molecule has 0 saturated carbocycles. The molecule has 0 radical (unpaired) electrons. The molecule has 0 spiro atoms. The molecule has 3 rings (SSSR count). The highest BCUT2D eigenvalue weighted by Crippen LogP contribution is 2.44. The number of anilines is 1. The molecule has 1 atom stereocenters. The van der Waals surface area contributed by atoms with E-state index in [2.05, 4.69) is 22.1 Å². The maximum absolute atomic E-state index is 8.89. The summed E-state index contributed by atoms with van der Waals surface area (Å²) in [5.74, 6) is 0.220. The van der Waals surface area contributed by atoms with Crippen LogP contribution in [0.15, 0.2) is 35.4 Å². The predicted molar refractivity (Wildman–Crippen MR) is 69.9 cm³/mol. The van der Waals surface area contributed by atoms with Crippen molar-refractivity contribution in [2.45, 2.75) is 16.7 Å². The van der Waals surface area contributed by atoms with E-state index < -0.39 is 0 Å². The maximum atomic E-state index is 8.89. The molecule has 2 aromatic rings. The second-order valence-electron chi connectivity index (χ2n) is 4.04. The first-order valence-electron chi connectivity index (χ1n) is 5.56. The van der Waals surface area contributed by atoms with Crippen LogP contribution in [0.4, 0.5) is 5.82 Å². The molecule has 0 fully saturated rings. The van der Waals surface area contributed by atoms with Gasteiger partial charge in [-0.3, -0.25) is 0 Å². The topological polar surface area (TPSA) is 75.6 Å². The van der Waals surface area contributed by atoms with Crippen molar-refractivity contribution in [1.29, 1.82) is 5.26 Å². The van der Waals surface area contributed by atoms with Gasteiger partial charge in [0.1, 0.15) is 11.1 Å². The van der Waals surface area contributed by atoms with Crippen LogP contribution >= 0.6 is 11.8 Å². The lowest BCUT2D eigenvalue weighted by molar-refractivity contribution is 0.875. The standard InChI is InChI=1S/C13H10N4S/c14-7-10-12(15)17-13-9(16-10)6-11(18-13)8-4-2-1-3-5-8/h1-5,11H,6H2,(H2,15,17). The Labute approximate surface area is 109 Å². The number of hydrogen-bond donors (Lipinski definition) is 1. The van der Waals surface area contributed by atoms with Gasteiger partial charge in [-0.05, 0) is 5.56 Å². The molecule has 4 nitrogen and oxygen atoms in total. The fourth-order valence-electron chi connectivity index (χ4n) is 1.98. The van der Waals surface area contributed by atoms with Crippen LogP contribution in [0.3, 0.4) is 0 Å². The van der Waals surface area contributed by atoms with Gasteiger partial charge in [0, 0.05) is 11.7 Å². The van der Waals surface area contributed by atoms with E-state index in [4.69, 9.17) is 11.0 Å². The minimum atomic E-state index is 0.220. The Bertz CT molecular complexity index is 633. The first kappa shape index (κ1) is 11.1. The highest BCUT2D eigenvalue weighted by atomic mass is 32.2.